The zero-order valence-electron chi connectivity index (χ0n) is 29.4. The van der Waals surface area contributed by atoms with Gasteiger partial charge in [-0.15, -0.1) is 45.3 Å². The summed E-state index contributed by atoms with van der Waals surface area (Å²) in [5.41, 5.74) is 1.17. The van der Waals surface area contributed by atoms with Gasteiger partial charge in [0.05, 0.1) is 31.6 Å². The van der Waals surface area contributed by atoms with Gasteiger partial charge in [-0.2, -0.15) is 10.5 Å². The van der Waals surface area contributed by atoms with Crippen molar-refractivity contribution in [1.82, 2.24) is 0 Å². The first-order valence-electron chi connectivity index (χ1n) is 17.7. The minimum absolute atomic E-state index is 0.00475. The first kappa shape index (κ1) is 36.1. The van der Waals surface area contributed by atoms with Crippen LogP contribution in [0, 0.1) is 63.8 Å². The van der Waals surface area contributed by atoms with Crippen molar-refractivity contribution in [3.8, 4) is 28.0 Å². The van der Waals surface area contributed by atoms with Gasteiger partial charge in [0.25, 0.3) is 5.70 Å². The van der Waals surface area contributed by atoms with Gasteiger partial charge in [-0.05, 0) is 78.1 Å². The largest absolute Gasteiger partial charge is 0.289 e. The number of fused-ring (bicyclic) bond motifs is 11. The molecule has 2 aromatic carbocycles. The molecule has 0 atom stereocenters. The lowest BCUT2D eigenvalue weighted by molar-refractivity contribution is 0.103. The molecular weight excluding hydrogens is 821 g/mol. The first-order chi connectivity index (χ1) is 28.0. The van der Waals surface area contributed by atoms with Crippen LogP contribution in [0.4, 0.5) is 17.6 Å². The van der Waals surface area contributed by atoms with Crippen molar-refractivity contribution in [2.45, 2.75) is 37.5 Å². The van der Waals surface area contributed by atoms with Crippen molar-refractivity contribution in [1.29, 1.82) is 15.8 Å². The van der Waals surface area contributed by atoms with Crippen molar-refractivity contribution < 1.29 is 27.2 Å². The number of nitriles is 3. The Balaban J connectivity index is 1.11. The van der Waals surface area contributed by atoms with Gasteiger partial charge in [0.1, 0.15) is 17.7 Å². The van der Waals surface area contributed by atoms with E-state index in [0.29, 0.717) is 9.75 Å². The first-order valence-corrected chi connectivity index (χ1v) is 21.0. The number of benzene rings is 2. The number of hydrogen-bond acceptors (Lipinski definition) is 9. The van der Waals surface area contributed by atoms with Crippen LogP contribution in [0.2, 0.25) is 0 Å². The Labute approximate surface area is 342 Å². The lowest BCUT2D eigenvalue weighted by Crippen LogP contribution is -2.27. The summed E-state index contributed by atoms with van der Waals surface area (Å²) in [5, 5.41) is 29.3. The summed E-state index contributed by atoms with van der Waals surface area (Å²) >= 11 is 6.24. The molecule has 0 aliphatic heterocycles. The van der Waals surface area contributed by atoms with Crippen LogP contribution >= 0.6 is 45.3 Å². The lowest BCUT2D eigenvalue weighted by atomic mass is 9.68. The van der Waals surface area contributed by atoms with Crippen LogP contribution in [-0.2, 0) is 5.41 Å². The molecule has 0 saturated heterocycles. The maximum Gasteiger partial charge on any atom is 0.270 e. The maximum atomic E-state index is 14.4. The molecule has 1 fully saturated rings. The van der Waals surface area contributed by atoms with Crippen LogP contribution in [0.1, 0.15) is 84.8 Å². The Bertz CT molecular complexity index is 3270. The van der Waals surface area contributed by atoms with Gasteiger partial charge in [0.2, 0.25) is 0 Å². The van der Waals surface area contributed by atoms with Crippen molar-refractivity contribution in [3.63, 3.8) is 0 Å². The summed E-state index contributed by atoms with van der Waals surface area (Å²) in [6.07, 6.45) is 8.15. The number of carbonyl (C=O) groups is 2. The van der Waals surface area contributed by atoms with Crippen LogP contribution in [0.3, 0.4) is 0 Å². The summed E-state index contributed by atoms with van der Waals surface area (Å²) in [5.74, 6) is -5.98. The number of nitrogens with zero attached hydrogens (tertiary/aromatic N) is 4. The molecule has 278 valence electrons. The van der Waals surface area contributed by atoms with E-state index in [-0.39, 0.29) is 55.5 Å². The topological polar surface area (TPSA) is 110 Å². The third-order valence-electron chi connectivity index (χ3n) is 11.3. The summed E-state index contributed by atoms with van der Waals surface area (Å²) in [6, 6.07) is 12.8. The average molecular weight is 839 g/mol. The summed E-state index contributed by atoms with van der Waals surface area (Å²) in [4.78, 5) is 34.1. The van der Waals surface area contributed by atoms with E-state index in [1.165, 1.54) is 32.9 Å². The monoisotopic (exact) mass is 838 g/mol. The predicted octanol–water partition coefficient (Wildman–Crippen LogP) is 12.5. The Morgan fingerprint density at radius 1 is 0.655 bits per heavy atom. The molecule has 4 aromatic heterocycles. The van der Waals surface area contributed by atoms with Crippen molar-refractivity contribution in [3.05, 3.63) is 137 Å². The number of rotatable bonds is 2. The Kier molecular flexibility index (Phi) is 8.02. The fourth-order valence-corrected chi connectivity index (χ4v) is 14.7. The molecule has 1 saturated carbocycles. The van der Waals surface area contributed by atoms with Crippen molar-refractivity contribution >= 4 is 99.0 Å². The predicted molar refractivity (Wildman–Crippen MR) is 217 cm³/mol. The summed E-state index contributed by atoms with van der Waals surface area (Å²) in [6.45, 7) is 7.56. The van der Waals surface area contributed by atoms with Gasteiger partial charge in [0.15, 0.2) is 34.8 Å². The van der Waals surface area contributed by atoms with E-state index in [4.69, 9.17) is 6.57 Å². The number of hydrogen-bond donors (Lipinski definition) is 0. The van der Waals surface area contributed by atoms with Gasteiger partial charge in [-0.1, -0.05) is 19.3 Å². The second-order valence-electron chi connectivity index (χ2n) is 14.3. The highest BCUT2D eigenvalue weighted by atomic mass is 32.1. The van der Waals surface area contributed by atoms with E-state index in [2.05, 4.69) is 10.9 Å². The molecule has 0 N–H and O–H groups in total. The number of Topliss-reactive ketones (excluding diaryl/α,β-unsaturated/α-hetero) is 2. The molecule has 1 spiro atoms. The fraction of sp³-hybridized carbons (Fsp3) is 0.136. The van der Waals surface area contributed by atoms with Crippen LogP contribution in [0.25, 0.3) is 56.7 Å². The van der Waals surface area contributed by atoms with Gasteiger partial charge in [0, 0.05) is 63.7 Å². The quantitative estimate of drug-likeness (QED) is 0.0746. The molecule has 4 aliphatic rings. The number of ketones is 2. The molecule has 0 unspecified atom stereocenters. The second-order valence-corrected chi connectivity index (χ2v) is 18.5. The molecule has 0 amide bonds. The smallest absolute Gasteiger partial charge is 0.270 e. The zero-order valence-corrected chi connectivity index (χ0v) is 32.7. The fourth-order valence-electron chi connectivity index (χ4n) is 8.93. The molecule has 58 heavy (non-hydrogen) atoms. The molecule has 14 heteroatoms. The Morgan fingerprint density at radius 2 is 1.22 bits per heavy atom. The van der Waals surface area contributed by atoms with E-state index in [1.54, 1.807) is 40.9 Å². The van der Waals surface area contributed by atoms with Crippen LogP contribution in [-0.4, -0.2) is 11.6 Å². The number of halogens is 4. The zero-order chi connectivity index (χ0) is 40.4. The number of carbonyl (C=O) groups excluding carboxylic acids is 2. The molecule has 6 aromatic rings. The highest BCUT2D eigenvalue weighted by molar-refractivity contribution is 7.40. The molecule has 6 nitrogen and oxygen atoms in total. The van der Waals surface area contributed by atoms with Gasteiger partial charge >= 0.3 is 0 Å². The number of allylic oxidation sites excluding steroid dienone is 6. The van der Waals surface area contributed by atoms with E-state index in [9.17, 15) is 42.9 Å². The molecule has 10 rings (SSSR count). The van der Waals surface area contributed by atoms with E-state index < -0.39 is 40.5 Å². The van der Waals surface area contributed by atoms with Gasteiger partial charge < -0.3 is 0 Å². The highest BCUT2D eigenvalue weighted by Gasteiger charge is 2.48. The summed E-state index contributed by atoms with van der Waals surface area (Å²) in [7, 11) is 0. The minimum Gasteiger partial charge on any atom is -0.289 e. The van der Waals surface area contributed by atoms with E-state index in [1.807, 2.05) is 18.2 Å². The van der Waals surface area contributed by atoms with Crippen molar-refractivity contribution in [2.24, 2.45) is 0 Å². The van der Waals surface area contributed by atoms with Crippen LogP contribution < -0.4 is 0 Å². The van der Waals surface area contributed by atoms with E-state index >= 15 is 0 Å². The van der Waals surface area contributed by atoms with Gasteiger partial charge in [-0.25, -0.2) is 27.7 Å². The standard InChI is InChI=1S/C44H18F4N4O2S4/c1-52-32(17-51)35-22-12-29(46)31(48)14-24(22)38(54)26(35)8-20-10-33-40(56-20)43-42(57-33)36-41(58-43)39-27(44(36)5-3-2-4-6-44)9-19(55-39)7-25-34(18(15-49)16-50)21-11-28(45)30(47)13-23(21)37(25)53/h7-14H,2-6H2/b25-7-,26-8+,35-32?. The van der Waals surface area contributed by atoms with Crippen LogP contribution in [0.5, 0.6) is 0 Å². The average Bonchev–Trinajstić information content (AvgIpc) is 4.07. The molecular formula is C44H18F4N4O2S4. The molecule has 4 aliphatic carbocycles. The SMILES string of the molecule is [C-]#[N+]C(C#N)=C1/C(=C\c2cc3sc4c5c(sc4c3s2)-c2sc(/C=C3\C(=O)c4cc(F)c(F)cc4C3=C(C#N)C#N)cc2C52CCCCC2)C(=O)c2cc(F)c(F)cc21. The van der Waals surface area contributed by atoms with E-state index in [0.717, 1.165) is 85.8 Å². The Morgan fingerprint density at radius 3 is 1.81 bits per heavy atom. The van der Waals surface area contributed by atoms with Crippen LogP contribution in [0.15, 0.2) is 58.8 Å². The summed E-state index contributed by atoms with van der Waals surface area (Å²) < 4.78 is 61.5. The lowest BCUT2D eigenvalue weighted by Gasteiger charge is -2.35. The minimum atomic E-state index is -1.20. The molecule has 0 bridgehead atoms. The third-order valence-corrected chi connectivity index (χ3v) is 16.4. The second kappa shape index (κ2) is 12.9. The highest BCUT2D eigenvalue weighted by Crippen LogP contribution is 2.65. The maximum absolute atomic E-state index is 14.4. The molecule has 4 heterocycles. The van der Waals surface area contributed by atoms with Gasteiger partial charge in [-0.3, -0.25) is 9.59 Å². The molecule has 0 radical (unpaired) electrons. The normalized spacial score (nSPS) is 18.4. The third kappa shape index (κ3) is 4.87. The number of thiophene rings is 4. The van der Waals surface area contributed by atoms with Crippen molar-refractivity contribution in [2.75, 3.05) is 0 Å². The Hall–Kier alpha value is -6.26.